The second-order valence-corrected chi connectivity index (χ2v) is 7.97. The standard InChI is InChI=1S/C16H23BrN4O2S/c1-3-4-5-6-7-8-9-21-10-13(19-20-21)11-23-15(22)14-12(2)18-16(17)24-14/h10H,3-9,11H2,1-2H3. The van der Waals surface area contributed by atoms with Gasteiger partial charge in [0.1, 0.15) is 17.2 Å². The Hall–Kier alpha value is -1.28. The Kier molecular flexibility index (Phi) is 7.84. The maximum Gasteiger partial charge on any atom is 0.350 e. The van der Waals surface area contributed by atoms with Crippen molar-refractivity contribution in [2.24, 2.45) is 0 Å². The first-order valence-electron chi connectivity index (χ1n) is 8.29. The summed E-state index contributed by atoms with van der Waals surface area (Å²) in [5.74, 6) is -0.374. The van der Waals surface area contributed by atoms with Gasteiger partial charge in [0, 0.05) is 6.54 Å². The Morgan fingerprint density at radius 2 is 2.04 bits per heavy atom. The van der Waals surface area contributed by atoms with Crippen LogP contribution in [0.3, 0.4) is 0 Å². The summed E-state index contributed by atoms with van der Waals surface area (Å²) in [5.41, 5.74) is 1.33. The molecule has 8 heteroatoms. The average molecular weight is 415 g/mol. The van der Waals surface area contributed by atoms with Crippen LogP contribution >= 0.6 is 27.3 Å². The molecule has 24 heavy (non-hydrogen) atoms. The van der Waals surface area contributed by atoms with Gasteiger partial charge in [-0.3, -0.25) is 4.68 Å². The van der Waals surface area contributed by atoms with Crippen molar-refractivity contribution in [1.29, 1.82) is 0 Å². The maximum absolute atomic E-state index is 12.0. The first-order valence-corrected chi connectivity index (χ1v) is 9.90. The van der Waals surface area contributed by atoms with Gasteiger partial charge in [-0.05, 0) is 29.3 Å². The van der Waals surface area contributed by atoms with E-state index in [-0.39, 0.29) is 12.6 Å². The molecule has 0 atom stereocenters. The highest BCUT2D eigenvalue weighted by molar-refractivity contribution is 9.11. The monoisotopic (exact) mass is 414 g/mol. The van der Waals surface area contributed by atoms with Gasteiger partial charge in [-0.25, -0.2) is 9.78 Å². The number of hydrogen-bond donors (Lipinski definition) is 0. The van der Waals surface area contributed by atoms with Crippen molar-refractivity contribution in [2.75, 3.05) is 0 Å². The zero-order valence-corrected chi connectivity index (χ0v) is 16.5. The highest BCUT2D eigenvalue weighted by atomic mass is 79.9. The molecule has 0 aliphatic heterocycles. The number of carbonyl (C=O) groups is 1. The number of hydrogen-bond acceptors (Lipinski definition) is 6. The molecule has 0 fully saturated rings. The quantitative estimate of drug-likeness (QED) is 0.422. The van der Waals surface area contributed by atoms with Crippen LogP contribution in [-0.4, -0.2) is 25.9 Å². The van der Waals surface area contributed by atoms with Gasteiger partial charge in [-0.2, -0.15) is 0 Å². The number of rotatable bonds is 10. The zero-order chi connectivity index (χ0) is 17.4. The molecule has 0 unspecified atom stereocenters. The first kappa shape index (κ1) is 19.1. The Morgan fingerprint density at radius 3 is 2.75 bits per heavy atom. The smallest absolute Gasteiger partial charge is 0.350 e. The minimum Gasteiger partial charge on any atom is -0.455 e. The van der Waals surface area contributed by atoms with Gasteiger partial charge < -0.3 is 4.74 Å². The molecule has 0 aliphatic rings. The fraction of sp³-hybridized carbons (Fsp3) is 0.625. The lowest BCUT2D eigenvalue weighted by Crippen LogP contribution is -2.05. The molecular formula is C16H23BrN4O2S. The van der Waals surface area contributed by atoms with E-state index in [1.165, 1.54) is 43.4 Å². The molecule has 0 aromatic carbocycles. The molecule has 2 heterocycles. The molecule has 0 amide bonds. The van der Waals surface area contributed by atoms with Crippen LogP contribution in [0.25, 0.3) is 0 Å². The molecule has 132 valence electrons. The van der Waals surface area contributed by atoms with Crippen molar-refractivity contribution in [2.45, 2.75) is 65.5 Å². The topological polar surface area (TPSA) is 69.9 Å². The summed E-state index contributed by atoms with van der Waals surface area (Å²) in [6, 6.07) is 0. The number of nitrogens with zero attached hydrogens (tertiary/aromatic N) is 4. The Bertz CT molecular complexity index is 656. The van der Waals surface area contributed by atoms with Crippen LogP contribution in [0.4, 0.5) is 0 Å². The lowest BCUT2D eigenvalue weighted by Gasteiger charge is -2.01. The largest absolute Gasteiger partial charge is 0.455 e. The van der Waals surface area contributed by atoms with E-state index in [4.69, 9.17) is 4.74 Å². The molecule has 2 aromatic heterocycles. The summed E-state index contributed by atoms with van der Waals surface area (Å²) >= 11 is 4.54. The van der Waals surface area contributed by atoms with Gasteiger partial charge in [0.25, 0.3) is 0 Å². The van der Waals surface area contributed by atoms with Crippen LogP contribution in [0, 0.1) is 6.92 Å². The summed E-state index contributed by atoms with van der Waals surface area (Å²) in [7, 11) is 0. The third-order valence-electron chi connectivity index (χ3n) is 3.63. The van der Waals surface area contributed by atoms with Gasteiger partial charge in [-0.1, -0.05) is 55.6 Å². The normalized spacial score (nSPS) is 11.0. The van der Waals surface area contributed by atoms with E-state index in [9.17, 15) is 4.79 Å². The van der Waals surface area contributed by atoms with Crippen LogP contribution < -0.4 is 0 Å². The second kappa shape index (κ2) is 9.88. The zero-order valence-electron chi connectivity index (χ0n) is 14.1. The molecule has 0 spiro atoms. The van der Waals surface area contributed by atoms with E-state index in [1.54, 1.807) is 6.92 Å². The van der Waals surface area contributed by atoms with Gasteiger partial charge in [0.05, 0.1) is 11.9 Å². The molecular weight excluding hydrogens is 392 g/mol. The summed E-state index contributed by atoms with van der Waals surface area (Å²) in [4.78, 5) is 16.7. The van der Waals surface area contributed by atoms with E-state index in [0.29, 0.717) is 20.2 Å². The van der Waals surface area contributed by atoms with E-state index in [0.717, 1.165) is 13.0 Å². The molecule has 0 saturated carbocycles. The lowest BCUT2D eigenvalue weighted by atomic mass is 10.1. The van der Waals surface area contributed by atoms with Crippen LogP contribution in [0.1, 0.15) is 66.5 Å². The van der Waals surface area contributed by atoms with Gasteiger partial charge >= 0.3 is 5.97 Å². The number of ether oxygens (including phenoxy) is 1. The Balaban J connectivity index is 1.71. The SMILES string of the molecule is CCCCCCCCn1cc(COC(=O)c2sc(Br)nc2C)nn1. The number of halogens is 1. The van der Waals surface area contributed by atoms with E-state index < -0.39 is 0 Å². The van der Waals surface area contributed by atoms with Crippen molar-refractivity contribution in [3.8, 4) is 0 Å². The van der Waals surface area contributed by atoms with Crippen molar-refractivity contribution in [1.82, 2.24) is 20.0 Å². The fourth-order valence-corrected chi connectivity index (χ4v) is 3.76. The Morgan fingerprint density at radius 1 is 1.29 bits per heavy atom. The lowest BCUT2D eigenvalue weighted by molar-refractivity contribution is 0.0472. The van der Waals surface area contributed by atoms with Crippen LogP contribution in [0.15, 0.2) is 10.1 Å². The van der Waals surface area contributed by atoms with Crippen molar-refractivity contribution < 1.29 is 9.53 Å². The number of aryl methyl sites for hydroxylation is 2. The second-order valence-electron chi connectivity index (χ2n) is 5.70. The van der Waals surface area contributed by atoms with E-state index >= 15 is 0 Å². The molecule has 0 N–H and O–H groups in total. The van der Waals surface area contributed by atoms with Crippen molar-refractivity contribution >= 4 is 33.2 Å². The molecule has 2 rings (SSSR count). The maximum atomic E-state index is 12.0. The summed E-state index contributed by atoms with van der Waals surface area (Å²) in [6.07, 6.45) is 9.32. The molecule has 2 aromatic rings. The summed E-state index contributed by atoms with van der Waals surface area (Å²) in [5, 5.41) is 8.13. The molecule has 0 bridgehead atoms. The van der Waals surface area contributed by atoms with Gasteiger partial charge in [0.2, 0.25) is 0 Å². The van der Waals surface area contributed by atoms with Gasteiger partial charge in [0.15, 0.2) is 3.92 Å². The number of esters is 1. The highest BCUT2D eigenvalue weighted by Gasteiger charge is 2.16. The Labute approximate surface area is 154 Å². The third kappa shape index (κ3) is 5.98. The molecule has 0 aliphatic carbocycles. The number of thiazole rings is 1. The molecule has 6 nitrogen and oxygen atoms in total. The van der Waals surface area contributed by atoms with Crippen molar-refractivity contribution in [3.63, 3.8) is 0 Å². The van der Waals surface area contributed by atoms with Crippen LogP contribution in [0.5, 0.6) is 0 Å². The predicted octanol–water partition coefficient (Wildman–Crippen LogP) is 4.52. The van der Waals surface area contributed by atoms with E-state index in [1.807, 2.05) is 10.9 Å². The minimum absolute atomic E-state index is 0.129. The number of carbonyl (C=O) groups excluding carboxylic acids is 1. The molecule has 0 saturated heterocycles. The number of aromatic nitrogens is 4. The van der Waals surface area contributed by atoms with Gasteiger partial charge in [-0.15, -0.1) is 5.10 Å². The minimum atomic E-state index is -0.374. The van der Waals surface area contributed by atoms with Crippen molar-refractivity contribution in [3.05, 3.63) is 26.4 Å². The van der Waals surface area contributed by atoms with E-state index in [2.05, 4.69) is 38.1 Å². The predicted molar refractivity (Wildman–Crippen MR) is 97.1 cm³/mol. The summed E-state index contributed by atoms with van der Waals surface area (Å²) in [6.45, 7) is 4.99. The highest BCUT2D eigenvalue weighted by Crippen LogP contribution is 2.23. The average Bonchev–Trinajstić information content (AvgIpc) is 3.14. The third-order valence-corrected chi connectivity index (χ3v) is 5.22. The van der Waals surface area contributed by atoms with Crippen LogP contribution in [0.2, 0.25) is 0 Å². The number of unbranched alkanes of at least 4 members (excludes halogenated alkanes) is 5. The summed E-state index contributed by atoms with van der Waals surface area (Å²) < 4.78 is 7.78. The fourth-order valence-electron chi connectivity index (χ4n) is 2.33. The molecule has 0 radical (unpaired) electrons. The van der Waals surface area contributed by atoms with Crippen LogP contribution in [-0.2, 0) is 17.9 Å². The first-order chi connectivity index (χ1) is 11.6.